The van der Waals surface area contributed by atoms with Crippen LogP contribution in [0.15, 0.2) is 54.0 Å². The number of rotatable bonds is 3. The summed E-state index contributed by atoms with van der Waals surface area (Å²) in [5, 5.41) is 2.87. The summed E-state index contributed by atoms with van der Waals surface area (Å²) in [4.78, 5) is 17.5. The SMILES string of the molecule is NC(C(=O)c1ccc2ncccc2c1)c1cccs1. The molecule has 19 heavy (non-hydrogen) atoms. The fraction of sp³-hybridized carbons (Fsp3) is 0.0667. The molecule has 0 aliphatic rings. The molecule has 0 saturated heterocycles. The van der Waals surface area contributed by atoms with Crippen LogP contribution in [0.5, 0.6) is 0 Å². The van der Waals surface area contributed by atoms with Gasteiger partial charge in [0.15, 0.2) is 5.78 Å². The number of aromatic nitrogens is 1. The van der Waals surface area contributed by atoms with Crippen LogP contribution in [0.25, 0.3) is 10.9 Å². The third-order valence-corrected chi connectivity index (χ3v) is 3.98. The topological polar surface area (TPSA) is 56.0 Å². The summed E-state index contributed by atoms with van der Waals surface area (Å²) in [7, 11) is 0. The fourth-order valence-electron chi connectivity index (χ4n) is 2.01. The molecule has 0 aliphatic carbocycles. The number of fused-ring (bicyclic) bond motifs is 1. The van der Waals surface area contributed by atoms with E-state index in [0.29, 0.717) is 5.56 Å². The van der Waals surface area contributed by atoms with E-state index in [0.717, 1.165) is 15.8 Å². The Balaban J connectivity index is 1.97. The molecule has 1 aromatic carbocycles. The predicted molar refractivity (Wildman–Crippen MR) is 77.3 cm³/mol. The second-order valence-corrected chi connectivity index (χ2v) is 5.25. The minimum absolute atomic E-state index is 0.0618. The lowest BCUT2D eigenvalue weighted by atomic mass is 10.0. The molecule has 3 rings (SSSR count). The maximum atomic E-state index is 12.3. The first-order valence-electron chi connectivity index (χ1n) is 5.94. The van der Waals surface area contributed by atoms with Gasteiger partial charge in [-0.05, 0) is 35.7 Å². The quantitative estimate of drug-likeness (QED) is 0.742. The number of benzene rings is 1. The zero-order chi connectivity index (χ0) is 13.2. The van der Waals surface area contributed by atoms with Crippen molar-refractivity contribution < 1.29 is 4.79 Å². The highest BCUT2D eigenvalue weighted by Crippen LogP contribution is 2.22. The lowest BCUT2D eigenvalue weighted by molar-refractivity contribution is 0.0963. The van der Waals surface area contributed by atoms with Gasteiger partial charge in [-0.3, -0.25) is 9.78 Å². The Morgan fingerprint density at radius 2 is 2.11 bits per heavy atom. The summed E-state index contributed by atoms with van der Waals surface area (Å²) in [6.07, 6.45) is 1.74. The molecular formula is C15H12N2OS. The molecule has 1 atom stereocenters. The van der Waals surface area contributed by atoms with E-state index in [9.17, 15) is 4.79 Å². The molecule has 2 aromatic heterocycles. The van der Waals surface area contributed by atoms with Crippen LogP contribution < -0.4 is 5.73 Å². The number of carbonyl (C=O) groups is 1. The van der Waals surface area contributed by atoms with Gasteiger partial charge >= 0.3 is 0 Å². The first-order chi connectivity index (χ1) is 9.25. The Morgan fingerprint density at radius 3 is 2.89 bits per heavy atom. The number of ketones is 1. The second-order valence-electron chi connectivity index (χ2n) is 4.27. The Hall–Kier alpha value is -2.04. The molecule has 3 aromatic rings. The molecule has 2 heterocycles. The monoisotopic (exact) mass is 268 g/mol. The van der Waals surface area contributed by atoms with Crippen LogP contribution in [0, 0.1) is 0 Å². The normalized spacial score (nSPS) is 12.5. The molecule has 0 fully saturated rings. The number of hydrogen-bond acceptors (Lipinski definition) is 4. The number of nitrogens with zero attached hydrogens (tertiary/aromatic N) is 1. The molecule has 0 bridgehead atoms. The predicted octanol–water partition coefficient (Wildman–Crippen LogP) is 3.18. The highest BCUT2D eigenvalue weighted by Gasteiger charge is 2.18. The van der Waals surface area contributed by atoms with E-state index in [-0.39, 0.29) is 5.78 Å². The third-order valence-electron chi connectivity index (χ3n) is 3.02. The molecule has 4 heteroatoms. The minimum atomic E-state index is -0.589. The second kappa shape index (κ2) is 4.91. The average molecular weight is 268 g/mol. The summed E-state index contributed by atoms with van der Waals surface area (Å²) in [6.45, 7) is 0. The zero-order valence-electron chi connectivity index (χ0n) is 10.1. The molecule has 94 valence electrons. The standard InChI is InChI=1S/C15H12N2OS/c16-14(13-4-2-8-19-13)15(18)11-5-6-12-10(9-11)3-1-7-17-12/h1-9,14H,16H2. The van der Waals surface area contributed by atoms with Gasteiger partial charge in [0.2, 0.25) is 0 Å². The van der Waals surface area contributed by atoms with Crippen LogP contribution in [0.4, 0.5) is 0 Å². The number of thiophene rings is 1. The first-order valence-corrected chi connectivity index (χ1v) is 6.81. The van der Waals surface area contributed by atoms with Crippen molar-refractivity contribution in [2.75, 3.05) is 0 Å². The Morgan fingerprint density at radius 1 is 1.21 bits per heavy atom. The summed E-state index contributed by atoms with van der Waals surface area (Å²) in [5.74, 6) is -0.0618. The van der Waals surface area contributed by atoms with Crippen molar-refractivity contribution in [2.45, 2.75) is 6.04 Å². The summed E-state index contributed by atoms with van der Waals surface area (Å²) >= 11 is 1.50. The van der Waals surface area contributed by atoms with E-state index in [1.54, 1.807) is 12.3 Å². The first kappa shape index (κ1) is 12.0. The van der Waals surface area contributed by atoms with Gasteiger partial charge in [-0.15, -0.1) is 11.3 Å². The lowest BCUT2D eigenvalue weighted by Crippen LogP contribution is -2.20. The fourth-order valence-corrected chi connectivity index (χ4v) is 2.73. The van der Waals surface area contributed by atoms with Crippen molar-refractivity contribution >= 4 is 28.0 Å². The number of Topliss-reactive ketones (excluding diaryl/α,β-unsaturated/α-hetero) is 1. The lowest BCUT2D eigenvalue weighted by Gasteiger charge is -2.09. The molecule has 1 unspecified atom stereocenters. The van der Waals surface area contributed by atoms with Gasteiger partial charge in [-0.1, -0.05) is 12.1 Å². The van der Waals surface area contributed by atoms with Crippen LogP contribution in [0.1, 0.15) is 21.3 Å². The van der Waals surface area contributed by atoms with Crippen molar-refractivity contribution in [2.24, 2.45) is 5.73 Å². The number of carbonyl (C=O) groups excluding carboxylic acids is 1. The number of hydrogen-bond donors (Lipinski definition) is 1. The highest BCUT2D eigenvalue weighted by atomic mass is 32.1. The van der Waals surface area contributed by atoms with Gasteiger partial charge in [-0.25, -0.2) is 0 Å². The van der Waals surface area contributed by atoms with E-state index in [1.807, 2.05) is 41.8 Å². The average Bonchev–Trinajstić information content (AvgIpc) is 2.99. The molecule has 2 N–H and O–H groups in total. The van der Waals surface area contributed by atoms with Gasteiger partial charge in [0.05, 0.1) is 5.52 Å². The van der Waals surface area contributed by atoms with Gasteiger partial charge in [0, 0.05) is 22.0 Å². The summed E-state index contributed by atoms with van der Waals surface area (Å²) in [6, 6.07) is 12.5. The van der Waals surface area contributed by atoms with Crippen LogP contribution >= 0.6 is 11.3 Å². The zero-order valence-corrected chi connectivity index (χ0v) is 10.9. The maximum Gasteiger partial charge on any atom is 0.184 e. The molecule has 0 aliphatic heterocycles. The van der Waals surface area contributed by atoms with Crippen LogP contribution in [0.2, 0.25) is 0 Å². The van der Waals surface area contributed by atoms with Crippen LogP contribution in [-0.2, 0) is 0 Å². The molecule has 3 nitrogen and oxygen atoms in total. The van der Waals surface area contributed by atoms with E-state index in [1.165, 1.54) is 11.3 Å². The van der Waals surface area contributed by atoms with Crippen molar-refractivity contribution in [3.05, 3.63) is 64.5 Å². The molecular weight excluding hydrogens is 256 g/mol. The third kappa shape index (κ3) is 2.28. The Kier molecular flexibility index (Phi) is 3.11. The van der Waals surface area contributed by atoms with Gasteiger partial charge < -0.3 is 5.73 Å². The van der Waals surface area contributed by atoms with Crippen molar-refractivity contribution in [1.29, 1.82) is 0 Å². The van der Waals surface area contributed by atoms with Crippen molar-refractivity contribution in [1.82, 2.24) is 4.98 Å². The van der Waals surface area contributed by atoms with E-state index < -0.39 is 6.04 Å². The van der Waals surface area contributed by atoms with Crippen molar-refractivity contribution in [3.8, 4) is 0 Å². The Labute approximate surface area is 114 Å². The highest BCUT2D eigenvalue weighted by molar-refractivity contribution is 7.10. The molecule has 0 amide bonds. The number of nitrogens with two attached hydrogens (primary N) is 1. The molecule has 0 radical (unpaired) electrons. The summed E-state index contributed by atoms with van der Waals surface area (Å²) < 4.78 is 0. The van der Waals surface area contributed by atoms with Crippen LogP contribution in [0.3, 0.4) is 0 Å². The molecule has 0 saturated carbocycles. The summed E-state index contributed by atoms with van der Waals surface area (Å²) in [5.41, 5.74) is 7.51. The van der Waals surface area contributed by atoms with E-state index >= 15 is 0 Å². The van der Waals surface area contributed by atoms with Gasteiger partial charge in [0.25, 0.3) is 0 Å². The number of pyridine rings is 1. The Bertz CT molecular complexity index is 722. The van der Waals surface area contributed by atoms with E-state index in [2.05, 4.69) is 4.98 Å². The molecule has 0 spiro atoms. The van der Waals surface area contributed by atoms with Gasteiger partial charge in [0.1, 0.15) is 6.04 Å². The van der Waals surface area contributed by atoms with Crippen LogP contribution in [-0.4, -0.2) is 10.8 Å². The largest absolute Gasteiger partial charge is 0.317 e. The maximum absolute atomic E-state index is 12.3. The van der Waals surface area contributed by atoms with Crippen molar-refractivity contribution in [3.63, 3.8) is 0 Å². The van der Waals surface area contributed by atoms with Gasteiger partial charge in [-0.2, -0.15) is 0 Å². The minimum Gasteiger partial charge on any atom is -0.317 e. The smallest absolute Gasteiger partial charge is 0.184 e. The van der Waals surface area contributed by atoms with E-state index in [4.69, 9.17) is 5.73 Å².